The van der Waals surface area contributed by atoms with Gasteiger partial charge in [-0.2, -0.15) is 0 Å². The average Bonchev–Trinajstić information content (AvgIpc) is 3.16. The summed E-state index contributed by atoms with van der Waals surface area (Å²) < 4.78 is 13.1. The van der Waals surface area contributed by atoms with Crippen LogP contribution in [0.2, 0.25) is 0 Å². The van der Waals surface area contributed by atoms with E-state index in [1.165, 1.54) is 17.7 Å². The topological polar surface area (TPSA) is 26.8 Å². The highest BCUT2D eigenvalue weighted by Crippen LogP contribution is 2.19. The Morgan fingerprint density at radius 2 is 1.60 bits per heavy atom. The summed E-state index contributed by atoms with van der Waals surface area (Å²) in [6.07, 6.45) is 2.29. The van der Waals surface area contributed by atoms with E-state index in [1.54, 1.807) is 0 Å². The zero-order chi connectivity index (χ0) is 17.8. The van der Waals surface area contributed by atoms with Gasteiger partial charge in [-0.25, -0.2) is 4.39 Å². The van der Waals surface area contributed by atoms with E-state index < -0.39 is 0 Å². The molecule has 0 unspecified atom stereocenters. The first kappa shape index (κ1) is 18.3. The Morgan fingerprint density at radius 3 is 2.20 bits per heavy atom. The first-order chi connectivity index (χ1) is 12.0. The van der Waals surface area contributed by atoms with Crippen molar-refractivity contribution in [2.24, 2.45) is 0 Å². The molecule has 0 spiro atoms. The molecule has 2 aliphatic heterocycles. The van der Waals surface area contributed by atoms with Gasteiger partial charge in [-0.05, 0) is 43.4 Å². The molecule has 2 atom stereocenters. The molecule has 1 amide bonds. The van der Waals surface area contributed by atoms with Crippen molar-refractivity contribution in [2.75, 3.05) is 45.8 Å². The smallest absolute Gasteiger partial charge is 0.239 e. The van der Waals surface area contributed by atoms with Crippen LogP contribution in [0, 0.1) is 5.82 Å². The Hall–Kier alpha value is -1.46. The van der Waals surface area contributed by atoms with Gasteiger partial charge in [0.05, 0.1) is 6.04 Å². The largest absolute Gasteiger partial charge is 0.341 e. The molecule has 2 saturated heterocycles. The standard InChI is InChI=1S/C20H30FN3O/c1-16(18-5-7-19(21)8-6-18)15-22-11-13-23(14-12-22)17(2)20(25)24-9-3-4-10-24/h5-8,16-17H,3-4,9-15H2,1-2H3/t16-,17-/m1/s1. The van der Waals surface area contributed by atoms with Gasteiger partial charge in [0.15, 0.2) is 0 Å². The summed E-state index contributed by atoms with van der Waals surface area (Å²) in [5, 5.41) is 0. The second-order valence-corrected chi connectivity index (χ2v) is 7.50. The van der Waals surface area contributed by atoms with Gasteiger partial charge in [0.1, 0.15) is 5.82 Å². The lowest BCUT2D eigenvalue weighted by molar-refractivity contribution is -0.136. The maximum Gasteiger partial charge on any atom is 0.239 e. The van der Waals surface area contributed by atoms with Gasteiger partial charge < -0.3 is 9.80 Å². The van der Waals surface area contributed by atoms with Gasteiger partial charge in [-0.1, -0.05) is 19.1 Å². The Bertz CT molecular complexity index is 563. The number of benzene rings is 1. The molecule has 0 bridgehead atoms. The van der Waals surface area contributed by atoms with Crippen molar-refractivity contribution in [2.45, 2.75) is 38.6 Å². The van der Waals surface area contributed by atoms with Crippen molar-refractivity contribution in [3.8, 4) is 0 Å². The number of nitrogens with zero attached hydrogens (tertiary/aromatic N) is 3. The fourth-order valence-corrected chi connectivity index (χ4v) is 3.98. The van der Waals surface area contributed by atoms with Crippen LogP contribution >= 0.6 is 0 Å². The Labute approximate surface area is 150 Å². The predicted octanol–water partition coefficient (Wildman–Crippen LogP) is 2.56. The van der Waals surface area contributed by atoms with Gasteiger partial charge in [0, 0.05) is 45.8 Å². The first-order valence-electron chi connectivity index (χ1n) is 9.55. The number of amides is 1. The zero-order valence-electron chi connectivity index (χ0n) is 15.5. The van der Waals surface area contributed by atoms with Gasteiger partial charge in [0.25, 0.3) is 0 Å². The van der Waals surface area contributed by atoms with E-state index in [0.29, 0.717) is 11.8 Å². The van der Waals surface area contributed by atoms with Crippen LogP contribution in [-0.4, -0.2) is 72.5 Å². The van der Waals surface area contributed by atoms with Crippen LogP contribution in [0.25, 0.3) is 0 Å². The lowest BCUT2D eigenvalue weighted by Crippen LogP contribution is -2.54. The van der Waals surface area contributed by atoms with Crippen LogP contribution < -0.4 is 0 Å². The third-order valence-electron chi connectivity index (χ3n) is 5.70. The monoisotopic (exact) mass is 347 g/mol. The van der Waals surface area contributed by atoms with Crippen molar-refractivity contribution in [3.63, 3.8) is 0 Å². The number of hydrogen-bond acceptors (Lipinski definition) is 3. The fourth-order valence-electron chi connectivity index (χ4n) is 3.98. The minimum absolute atomic E-state index is 0.00484. The van der Waals surface area contributed by atoms with Gasteiger partial charge >= 0.3 is 0 Å². The number of carbonyl (C=O) groups is 1. The average molecular weight is 347 g/mol. The Morgan fingerprint density at radius 1 is 1.00 bits per heavy atom. The van der Waals surface area contributed by atoms with E-state index in [-0.39, 0.29) is 11.9 Å². The van der Waals surface area contributed by atoms with Crippen molar-refractivity contribution < 1.29 is 9.18 Å². The van der Waals surface area contributed by atoms with E-state index in [9.17, 15) is 9.18 Å². The molecule has 0 aliphatic carbocycles. The molecule has 2 aliphatic rings. The lowest BCUT2D eigenvalue weighted by atomic mass is 10.0. The maximum atomic E-state index is 13.1. The number of rotatable bonds is 5. The summed E-state index contributed by atoms with van der Waals surface area (Å²) in [5.74, 6) is 0.502. The highest BCUT2D eigenvalue weighted by Gasteiger charge is 2.30. The molecule has 4 nitrogen and oxygen atoms in total. The SMILES string of the molecule is C[C@H](CN1CCN([C@H](C)C(=O)N2CCCC2)CC1)c1ccc(F)cc1. The lowest BCUT2D eigenvalue weighted by Gasteiger charge is -2.39. The minimum atomic E-state index is -0.179. The molecule has 0 radical (unpaired) electrons. The van der Waals surface area contributed by atoms with Crippen molar-refractivity contribution in [3.05, 3.63) is 35.6 Å². The zero-order valence-corrected chi connectivity index (χ0v) is 15.5. The van der Waals surface area contributed by atoms with E-state index in [4.69, 9.17) is 0 Å². The molecular weight excluding hydrogens is 317 g/mol. The predicted molar refractivity (Wildman–Crippen MR) is 98.1 cm³/mol. The van der Waals surface area contributed by atoms with E-state index >= 15 is 0 Å². The van der Waals surface area contributed by atoms with Crippen LogP contribution in [0.15, 0.2) is 24.3 Å². The van der Waals surface area contributed by atoms with Crippen molar-refractivity contribution >= 4 is 5.91 Å². The maximum absolute atomic E-state index is 13.1. The van der Waals surface area contributed by atoms with Crippen LogP contribution in [0.3, 0.4) is 0 Å². The number of likely N-dealkylation sites (tertiary alicyclic amines) is 1. The summed E-state index contributed by atoms with van der Waals surface area (Å²) in [4.78, 5) is 19.4. The highest BCUT2D eigenvalue weighted by atomic mass is 19.1. The van der Waals surface area contributed by atoms with Crippen LogP contribution in [0.5, 0.6) is 0 Å². The van der Waals surface area contributed by atoms with E-state index in [2.05, 4.69) is 23.6 Å². The molecule has 3 rings (SSSR count). The molecule has 0 aromatic heterocycles. The number of piperazine rings is 1. The number of halogens is 1. The minimum Gasteiger partial charge on any atom is -0.341 e. The molecule has 2 heterocycles. The fraction of sp³-hybridized carbons (Fsp3) is 0.650. The summed E-state index contributed by atoms with van der Waals surface area (Å²) in [5.41, 5.74) is 1.18. The van der Waals surface area contributed by atoms with Crippen molar-refractivity contribution in [1.82, 2.24) is 14.7 Å². The second kappa shape index (κ2) is 8.28. The summed E-state index contributed by atoms with van der Waals surface area (Å²) in [7, 11) is 0. The third-order valence-corrected chi connectivity index (χ3v) is 5.70. The molecule has 0 N–H and O–H groups in total. The van der Waals surface area contributed by atoms with Gasteiger partial charge in [0.2, 0.25) is 5.91 Å². The third kappa shape index (κ3) is 4.59. The molecule has 0 saturated carbocycles. The van der Waals surface area contributed by atoms with E-state index in [1.807, 2.05) is 17.0 Å². The number of hydrogen-bond donors (Lipinski definition) is 0. The van der Waals surface area contributed by atoms with Crippen LogP contribution in [0.4, 0.5) is 4.39 Å². The molecule has 1 aromatic carbocycles. The second-order valence-electron chi connectivity index (χ2n) is 7.50. The number of carbonyl (C=O) groups excluding carboxylic acids is 1. The molecule has 138 valence electrons. The Balaban J connectivity index is 1.46. The Kier molecular flexibility index (Phi) is 6.07. The van der Waals surface area contributed by atoms with Crippen LogP contribution in [0.1, 0.15) is 38.2 Å². The molecule has 5 heteroatoms. The first-order valence-corrected chi connectivity index (χ1v) is 9.55. The normalized spacial score (nSPS) is 22.1. The summed E-state index contributed by atoms with van der Waals surface area (Å²) in [6, 6.07) is 6.83. The van der Waals surface area contributed by atoms with Crippen LogP contribution in [-0.2, 0) is 4.79 Å². The summed E-state index contributed by atoms with van der Waals surface area (Å²) in [6.45, 7) is 10.9. The van der Waals surface area contributed by atoms with E-state index in [0.717, 1.165) is 58.7 Å². The quantitative estimate of drug-likeness (QED) is 0.819. The van der Waals surface area contributed by atoms with Gasteiger partial charge in [-0.3, -0.25) is 9.69 Å². The van der Waals surface area contributed by atoms with Crippen molar-refractivity contribution in [1.29, 1.82) is 0 Å². The summed E-state index contributed by atoms with van der Waals surface area (Å²) >= 11 is 0. The highest BCUT2D eigenvalue weighted by molar-refractivity contribution is 5.81. The molecular formula is C20H30FN3O. The van der Waals surface area contributed by atoms with Gasteiger partial charge in [-0.15, -0.1) is 0 Å². The molecule has 25 heavy (non-hydrogen) atoms. The molecule has 1 aromatic rings. The molecule has 2 fully saturated rings.